The number of nitrogens with one attached hydrogen (secondary N) is 1. The zero-order chi connectivity index (χ0) is 13.4. The zero-order valence-corrected chi connectivity index (χ0v) is 10.7. The molecule has 0 aromatic heterocycles. The maximum absolute atomic E-state index is 11.4. The normalized spacial score (nSPS) is 9.39. The molecule has 0 bridgehead atoms. The monoisotopic (exact) mass is 247 g/mol. The molecule has 96 valence electrons. The summed E-state index contributed by atoms with van der Waals surface area (Å²) in [5, 5.41) is 2.62. The second-order valence-electron chi connectivity index (χ2n) is 3.70. The molecule has 0 heterocycles. The molecule has 0 aliphatic heterocycles. The lowest BCUT2D eigenvalue weighted by atomic mass is 10.1. The van der Waals surface area contributed by atoms with Crippen LogP contribution in [0.1, 0.15) is 12.0 Å². The average Bonchev–Trinajstić information content (AvgIpc) is 2.42. The van der Waals surface area contributed by atoms with E-state index in [1.54, 1.807) is 20.3 Å². The van der Waals surface area contributed by atoms with Crippen LogP contribution in [0, 0.1) is 12.3 Å². The molecule has 0 fully saturated rings. The molecule has 0 atom stereocenters. The van der Waals surface area contributed by atoms with Gasteiger partial charge in [-0.1, -0.05) is 5.92 Å². The van der Waals surface area contributed by atoms with Crippen molar-refractivity contribution in [1.82, 2.24) is 5.32 Å². The standard InChI is InChI=1S/C14H17NO3/c1-4-7-15-14(16)6-5-11-8-12(17-2)10-13(9-11)18-3/h1,8-10H,5-7H2,2-3H3,(H,15,16). The number of terminal acetylenes is 1. The fraction of sp³-hybridized carbons (Fsp3) is 0.357. The second-order valence-corrected chi connectivity index (χ2v) is 3.70. The van der Waals surface area contributed by atoms with Crippen molar-refractivity contribution in [3.05, 3.63) is 23.8 Å². The van der Waals surface area contributed by atoms with Crippen molar-refractivity contribution in [2.75, 3.05) is 20.8 Å². The summed E-state index contributed by atoms with van der Waals surface area (Å²) in [6.07, 6.45) is 6.06. The zero-order valence-electron chi connectivity index (χ0n) is 10.7. The summed E-state index contributed by atoms with van der Waals surface area (Å²) >= 11 is 0. The number of amides is 1. The number of hydrogen-bond donors (Lipinski definition) is 1. The van der Waals surface area contributed by atoms with Gasteiger partial charge in [0.15, 0.2) is 0 Å². The molecule has 0 unspecified atom stereocenters. The van der Waals surface area contributed by atoms with Gasteiger partial charge in [0.25, 0.3) is 0 Å². The molecule has 0 spiro atoms. The van der Waals surface area contributed by atoms with E-state index in [1.165, 1.54) is 0 Å². The van der Waals surface area contributed by atoms with Gasteiger partial charge in [-0.2, -0.15) is 0 Å². The molecule has 0 aliphatic carbocycles. The van der Waals surface area contributed by atoms with Gasteiger partial charge in [-0.3, -0.25) is 4.79 Å². The van der Waals surface area contributed by atoms with E-state index in [0.29, 0.717) is 24.3 Å². The van der Waals surface area contributed by atoms with E-state index in [2.05, 4.69) is 11.2 Å². The van der Waals surface area contributed by atoms with Gasteiger partial charge in [0, 0.05) is 12.5 Å². The van der Waals surface area contributed by atoms with Gasteiger partial charge in [0.2, 0.25) is 5.91 Å². The number of carbonyl (C=O) groups is 1. The van der Waals surface area contributed by atoms with Crippen LogP contribution in [0.4, 0.5) is 0 Å². The molecule has 1 rings (SSSR count). The van der Waals surface area contributed by atoms with Crippen molar-refractivity contribution in [2.45, 2.75) is 12.8 Å². The van der Waals surface area contributed by atoms with Crippen LogP contribution in [-0.2, 0) is 11.2 Å². The van der Waals surface area contributed by atoms with E-state index in [9.17, 15) is 4.79 Å². The van der Waals surface area contributed by atoms with Crippen LogP contribution in [0.2, 0.25) is 0 Å². The molecule has 0 saturated heterocycles. The minimum Gasteiger partial charge on any atom is -0.497 e. The third-order valence-electron chi connectivity index (χ3n) is 2.44. The molecule has 1 N–H and O–H groups in total. The summed E-state index contributed by atoms with van der Waals surface area (Å²) in [4.78, 5) is 11.4. The molecular formula is C14H17NO3. The quantitative estimate of drug-likeness (QED) is 0.773. The molecular weight excluding hydrogens is 230 g/mol. The molecule has 4 nitrogen and oxygen atoms in total. The Kier molecular flexibility index (Phi) is 5.59. The minimum atomic E-state index is -0.0604. The molecule has 18 heavy (non-hydrogen) atoms. The number of methoxy groups -OCH3 is 2. The summed E-state index contributed by atoms with van der Waals surface area (Å²) < 4.78 is 10.3. The first-order valence-electron chi connectivity index (χ1n) is 5.61. The first-order chi connectivity index (χ1) is 8.69. The van der Waals surface area contributed by atoms with E-state index >= 15 is 0 Å². The molecule has 0 saturated carbocycles. The van der Waals surface area contributed by atoms with Crippen LogP contribution < -0.4 is 14.8 Å². The number of carbonyl (C=O) groups excluding carboxylic acids is 1. The van der Waals surface area contributed by atoms with Crippen molar-refractivity contribution in [2.24, 2.45) is 0 Å². The van der Waals surface area contributed by atoms with Crippen molar-refractivity contribution in [1.29, 1.82) is 0 Å². The SMILES string of the molecule is C#CCNC(=O)CCc1cc(OC)cc(OC)c1. The summed E-state index contributed by atoms with van der Waals surface area (Å²) in [6, 6.07) is 5.57. The van der Waals surface area contributed by atoms with E-state index < -0.39 is 0 Å². The van der Waals surface area contributed by atoms with E-state index in [4.69, 9.17) is 15.9 Å². The Balaban J connectivity index is 2.61. The van der Waals surface area contributed by atoms with Crippen molar-refractivity contribution in [3.8, 4) is 23.8 Å². The number of rotatable bonds is 6. The third kappa shape index (κ3) is 4.38. The Morgan fingerprint density at radius 2 is 1.89 bits per heavy atom. The first-order valence-corrected chi connectivity index (χ1v) is 5.61. The van der Waals surface area contributed by atoms with Gasteiger partial charge >= 0.3 is 0 Å². The largest absolute Gasteiger partial charge is 0.497 e. The summed E-state index contributed by atoms with van der Waals surface area (Å²) in [7, 11) is 3.19. The van der Waals surface area contributed by atoms with Gasteiger partial charge < -0.3 is 14.8 Å². The number of aryl methyl sites for hydroxylation is 1. The summed E-state index contributed by atoms with van der Waals surface area (Å²) in [5.74, 6) is 3.73. The lowest BCUT2D eigenvalue weighted by Gasteiger charge is -2.08. The van der Waals surface area contributed by atoms with Crippen molar-refractivity contribution in [3.63, 3.8) is 0 Å². The lowest BCUT2D eigenvalue weighted by Crippen LogP contribution is -2.23. The Morgan fingerprint density at radius 1 is 1.28 bits per heavy atom. The van der Waals surface area contributed by atoms with Crippen LogP contribution >= 0.6 is 0 Å². The summed E-state index contributed by atoms with van der Waals surface area (Å²) in [6.45, 7) is 0.264. The van der Waals surface area contributed by atoms with Gasteiger partial charge in [0.05, 0.1) is 20.8 Å². The Morgan fingerprint density at radius 3 is 2.39 bits per heavy atom. The predicted molar refractivity (Wildman–Crippen MR) is 69.7 cm³/mol. The number of hydrogen-bond acceptors (Lipinski definition) is 3. The maximum Gasteiger partial charge on any atom is 0.221 e. The number of benzene rings is 1. The summed E-state index contributed by atoms with van der Waals surface area (Å²) in [5.41, 5.74) is 0.988. The van der Waals surface area contributed by atoms with Crippen molar-refractivity contribution < 1.29 is 14.3 Å². The van der Waals surface area contributed by atoms with Gasteiger partial charge in [-0.05, 0) is 24.1 Å². The highest BCUT2D eigenvalue weighted by atomic mass is 16.5. The van der Waals surface area contributed by atoms with Gasteiger partial charge in [0.1, 0.15) is 11.5 Å². The van der Waals surface area contributed by atoms with Crippen LogP contribution in [0.25, 0.3) is 0 Å². The maximum atomic E-state index is 11.4. The van der Waals surface area contributed by atoms with E-state index in [0.717, 1.165) is 5.56 Å². The fourth-order valence-corrected chi connectivity index (χ4v) is 1.51. The molecule has 0 aliphatic rings. The van der Waals surface area contributed by atoms with Crippen molar-refractivity contribution >= 4 is 5.91 Å². The van der Waals surface area contributed by atoms with Crippen LogP contribution in [0.3, 0.4) is 0 Å². The minimum absolute atomic E-state index is 0.0604. The Bertz CT molecular complexity index is 427. The first kappa shape index (κ1) is 13.9. The Hall–Kier alpha value is -2.15. The van der Waals surface area contributed by atoms with Crippen LogP contribution in [-0.4, -0.2) is 26.7 Å². The van der Waals surface area contributed by atoms with E-state index in [-0.39, 0.29) is 12.5 Å². The van der Waals surface area contributed by atoms with Gasteiger partial charge in [-0.15, -0.1) is 6.42 Å². The van der Waals surface area contributed by atoms with Crippen LogP contribution in [0.15, 0.2) is 18.2 Å². The predicted octanol–water partition coefficient (Wildman–Crippen LogP) is 1.39. The lowest BCUT2D eigenvalue weighted by molar-refractivity contribution is -0.120. The molecule has 1 aromatic carbocycles. The molecule has 4 heteroatoms. The van der Waals surface area contributed by atoms with Crippen LogP contribution in [0.5, 0.6) is 11.5 Å². The Labute approximate surface area is 107 Å². The topological polar surface area (TPSA) is 47.6 Å². The molecule has 1 amide bonds. The highest BCUT2D eigenvalue weighted by Gasteiger charge is 2.05. The van der Waals surface area contributed by atoms with E-state index in [1.807, 2.05) is 12.1 Å². The average molecular weight is 247 g/mol. The fourth-order valence-electron chi connectivity index (χ4n) is 1.51. The molecule has 1 aromatic rings. The third-order valence-corrected chi connectivity index (χ3v) is 2.44. The molecule has 0 radical (unpaired) electrons. The smallest absolute Gasteiger partial charge is 0.221 e. The highest BCUT2D eigenvalue weighted by Crippen LogP contribution is 2.23. The highest BCUT2D eigenvalue weighted by molar-refractivity contribution is 5.76. The second kappa shape index (κ2) is 7.23. The number of ether oxygens (including phenoxy) is 2. The van der Waals surface area contributed by atoms with Gasteiger partial charge in [-0.25, -0.2) is 0 Å².